The van der Waals surface area contributed by atoms with Crippen molar-refractivity contribution in [1.82, 2.24) is 5.32 Å². The largest absolute Gasteiger partial charge is 0.465 e. The van der Waals surface area contributed by atoms with Gasteiger partial charge in [-0.15, -0.1) is 11.8 Å². The number of hydrogen-bond donors (Lipinski definition) is 1. The Labute approximate surface area is 128 Å². The summed E-state index contributed by atoms with van der Waals surface area (Å²) in [6, 6.07) is 7.59. The van der Waals surface area contributed by atoms with Gasteiger partial charge in [-0.05, 0) is 43.4 Å². The third kappa shape index (κ3) is 7.40. The molecule has 0 spiro atoms. The van der Waals surface area contributed by atoms with Crippen LogP contribution in [0.25, 0.3) is 0 Å². The van der Waals surface area contributed by atoms with Crippen LogP contribution in [0.5, 0.6) is 0 Å². The number of amides is 1. The maximum atomic E-state index is 11.5. The number of carbonyl (C=O) groups excluding carboxylic acids is 2. The molecule has 0 bridgehead atoms. The predicted octanol–water partition coefficient (Wildman–Crippen LogP) is 2.89. The second kappa shape index (κ2) is 9.66. The van der Waals surface area contributed by atoms with Gasteiger partial charge >= 0.3 is 5.97 Å². The average molecular weight is 316 g/mol. The summed E-state index contributed by atoms with van der Waals surface area (Å²) in [6.45, 7) is 2.00. The van der Waals surface area contributed by atoms with E-state index in [1.54, 1.807) is 18.7 Å². The smallest absolute Gasteiger partial charge is 0.325 e. The summed E-state index contributed by atoms with van der Waals surface area (Å²) in [5.41, 5.74) is 0. The number of thioether (sulfide) groups is 1. The van der Waals surface area contributed by atoms with E-state index in [1.807, 2.05) is 24.3 Å². The highest BCUT2D eigenvalue weighted by atomic mass is 35.5. The fourth-order valence-electron chi connectivity index (χ4n) is 1.42. The number of halogens is 1. The van der Waals surface area contributed by atoms with Crippen molar-refractivity contribution < 1.29 is 14.3 Å². The van der Waals surface area contributed by atoms with Crippen molar-refractivity contribution in [2.75, 3.05) is 18.9 Å². The first-order valence-corrected chi connectivity index (χ1v) is 7.79. The molecule has 110 valence electrons. The third-order valence-corrected chi connectivity index (χ3v) is 3.72. The minimum atomic E-state index is -0.406. The molecule has 0 atom stereocenters. The second-order valence-electron chi connectivity index (χ2n) is 3.99. The van der Waals surface area contributed by atoms with Crippen LogP contribution in [0, 0.1) is 0 Å². The van der Waals surface area contributed by atoms with Gasteiger partial charge in [0.2, 0.25) is 5.91 Å². The molecule has 0 saturated heterocycles. The highest BCUT2D eigenvalue weighted by Crippen LogP contribution is 2.21. The Balaban J connectivity index is 2.10. The highest BCUT2D eigenvalue weighted by molar-refractivity contribution is 7.99. The zero-order valence-corrected chi connectivity index (χ0v) is 12.9. The fourth-order valence-corrected chi connectivity index (χ4v) is 2.40. The van der Waals surface area contributed by atoms with Crippen LogP contribution in [0.2, 0.25) is 5.02 Å². The lowest BCUT2D eigenvalue weighted by atomic mass is 10.3. The van der Waals surface area contributed by atoms with E-state index in [4.69, 9.17) is 16.3 Å². The summed E-state index contributed by atoms with van der Waals surface area (Å²) in [5.74, 6) is 0.306. The summed E-state index contributed by atoms with van der Waals surface area (Å²) in [7, 11) is 0. The number of ether oxygens (including phenoxy) is 1. The van der Waals surface area contributed by atoms with E-state index in [0.717, 1.165) is 17.1 Å². The van der Waals surface area contributed by atoms with E-state index in [9.17, 15) is 9.59 Å². The molecule has 0 heterocycles. The monoisotopic (exact) mass is 315 g/mol. The van der Waals surface area contributed by atoms with Crippen LogP contribution in [0.3, 0.4) is 0 Å². The maximum absolute atomic E-state index is 11.5. The summed E-state index contributed by atoms with van der Waals surface area (Å²) in [4.78, 5) is 23.6. The normalized spacial score (nSPS) is 10.1. The van der Waals surface area contributed by atoms with Crippen molar-refractivity contribution in [3.63, 3.8) is 0 Å². The molecule has 1 N–H and O–H groups in total. The molecule has 4 nitrogen and oxygen atoms in total. The van der Waals surface area contributed by atoms with Crippen molar-refractivity contribution in [3.8, 4) is 0 Å². The molecular weight excluding hydrogens is 298 g/mol. The molecule has 0 aliphatic rings. The highest BCUT2D eigenvalue weighted by Gasteiger charge is 2.05. The van der Waals surface area contributed by atoms with Gasteiger partial charge in [0.15, 0.2) is 0 Å². The van der Waals surface area contributed by atoms with Crippen LogP contribution in [-0.4, -0.2) is 30.8 Å². The number of benzene rings is 1. The first-order valence-electron chi connectivity index (χ1n) is 6.42. The topological polar surface area (TPSA) is 55.4 Å². The number of nitrogens with one attached hydrogen (secondary N) is 1. The van der Waals surface area contributed by atoms with E-state index in [0.29, 0.717) is 18.1 Å². The summed E-state index contributed by atoms with van der Waals surface area (Å²) >= 11 is 7.47. The third-order valence-electron chi connectivity index (χ3n) is 2.37. The summed E-state index contributed by atoms with van der Waals surface area (Å²) in [5, 5.41) is 3.25. The molecule has 0 saturated carbocycles. The van der Waals surface area contributed by atoms with Gasteiger partial charge in [-0.2, -0.15) is 0 Å². The Hall–Kier alpha value is -1.20. The van der Waals surface area contributed by atoms with Crippen molar-refractivity contribution in [1.29, 1.82) is 0 Å². The van der Waals surface area contributed by atoms with E-state index in [1.165, 1.54) is 0 Å². The Morgan fingerprint density at radius 3 is 2.65 bits per heavy atom. The average Bonchev–Trinajstić information content (AvgIpc) is 2.43. The summed E-state index contributed by atoms with van der Waals surface area (Å²) < 4.78 is 4.72. The minimum Gasteiger partial charge on any atom is -0.465 e. The van der Waals surface area contributed by atoms with Crippen LogP contribution in [-0.2, 0) is 14.3 Å². The first-order chi connectivity index (χ1) is 9.61. The van der Waals surface area contributed by atoms with Crippen LogP contribution >= 0.6 is 23.4 Å². The molecule has 0 fully saturated rings. The first kappa shape index (κ1) is 16.9. The van der Waals surface area contributed by atoms with Crippen molar-refractivity contribution in [2.24, 2.45) is 0 Å². The molecule has 1 aromatic rings. The summed E-state index contributed by atoms with van der Waals surface area (Å²) in [6.07, 6.45) is 1.15. The Morgan fingerprint density at radius 1 is 1.30 bits per heavy atom. The number of hydrogen-bond acceptors (Lipinski definition) is 4. The maximum Gasteiger partial charge on any atom is 0.325 e. The zero-order valence-electron chi connectivity index (χ0n) is 11.4. The van der Waals surface area contributed by atoms with Gasteiger partial charge in [-0.25, -0.2) is 0 Å². The molecule has 0 radical (unpaired) electrons. The van der Waals surface area contributed by atoms with Gasteiger partial charge in [0.05, 0.1) is 6.61 Å². The molecule has 0 aromatic heterocycles. The molecule has 1 amide bonds. The Bertz CT molecular complexity index is 437. The van der Waals surface area contributed by atoms with Gasteiger partial charge in [-0.3, -0.25) is 9.59 Å². The number of esters is 1. The molecule has 1 rings (SSSR count). The second-order valence-corrected chi connectivity index (χ2v) is 5.59. The van der Waals surface area contributed by atoms with E-state index in [2.05, 4.69) is 5.32 Å². The number of carbonyl (C=O) groups is 2. The van der Waals surface area contributed by atoms with E-state index in [-0.39, 0.29) is 12.5 Å². The van der Waals surface area contributed by atoms with Gasteiger partial charge < -0.3 is 10.1 Å². The molecule has 0 unspecified atom stereocenters. The zero-order chi connectivity index (χ0) is 14.8. The van der Waals surface area contributed by atoms with Crippen LogP contribution in [0.4, 0.5) is 0 Å². The number of rotatable bonds is 8. The van der Waals surface area contributed by atoms with Crippen molar-refractivity contribution >= 4 is 35.2 Å². The van der Waals surface area contributed by atoms with Gasteiger partial charge in [0.25, 0.3) is 0 Å². The Morgan fingerprint density at radius 2 is 2.00 bits per heavy atom. The van der Waals surface area contributed by atoms with Crippen molar-refractivity contribution in [2.45, 2.75) is 24.7 Å². The van der Waals surface area contributed by atoms with Crippen LogP contribution < -0.4 is 5.32 Å². The van der Waals surface area contributed by atoms with Gasteiger partial charge in [0, 0.05) is 16.3 Å². The Kier molecular flexibility index (Phi) is 8.14. The molecule has 1 aromatic carbocycles. The molecule has 6 heteroatoms. The molecule has 0 aliphatic heterocycles. The molecule has 20 heavy (non-hydrogen) atoms. The lowest BCUT2D eigenvalue weighted by Gasteiger charge is -2.05. The van der Waals surface area contributed by atoms with E-state index >= 15 is 0 Å². The van der Waals surface area contributed by atoms with Crippen LogP contribution in [0.15, 0.2) is 29.2 Å². The fraction of sp³-hybridized carbons (Fsp3) is 0.429. The minimum absolute atomic E-state index is 0.0585. The predicted molar refractivity (Wildman–Crippen MR) is 81.1 cm³/mol. The quantitative estimate of drug-likeness (QED) is 0.455. The van der Waals surface area contributed by atoms with Gasteiger partial charge in [0.1, 0.15) is 6.54 Å². The van der Waals surface area contributed by atoms with Crippen molar-refractivity contribution in [3.05, 3.63) is 29.3 Å². The SMILES string of the molecule is CCOC(=O)CNC(=O)CCCSc1ccc(Cl)cc1. The molecular formula is C14H18ClNO3S. The van der Waals surface area contributed by atoms with Crippen LogP contribution in [0.1, 0.15) is 19.8 Å². The lowest BCUT2D eigenvalue weighted by molar-refractivity contribution is -0.143. The molecule has 0 aliphatic carbocycles. The van der Waals surface area contributed by atoms with Gasteiger partial charge in [-0.1, -0.05) is 11.6 Å². The van der Waals surface area contributed by atoms with E-state index < -0.39 is 5.97 Å². The standard InChI is InChI=1S/C14H18ClNO3S/c1-2-19-14(18)10-16-13(17)4-3-9-20-12-7-5-11(15)6-8-12/h5-8H,2-4,9-10H2,1H3,(H,16,17). The lowest BCUT2D eigenvalue weighted by Crippen LogP contribution is -2.30.